The molecule has 0 aromatic heterocycles. The highest BCUT2D eigenvalue weighted by Gasteiger charge is 1.60. The molecule has 0 aromatic carbocycles. The second-order valence-electron chi connectivity index (χ2n) is 1.45. The molecular weight excluding hydrogens is 104 g/mol. The van der Waals surface area contributed by atoms with Crippen LogP contribution in [-0.4, -0.2) is 6.15 Å². The highest BCUT2D eigenvalue weighted by molar-refractivity contribution is 5.20. The lowest BCUT2D eigenvalue weighted by atomic mass is 10.3. The van der Waals surface area contributed by atoms with Crippen molar-refractivity contribution in [3.8, 4) is 0 Å². The fraction of sp³-hybridized carbons (Fsp3) is 0.500. The Kier molecular flexibility index (Phi) is 12.0. The Balaban J connectivity index is 0. The quantitative estimate of drug-likeness (QED) is 0.446. The van der Waals surface area contributed by atoms with Gasteiger partial charge in [0, 0.05) is 0 Å². The maximum absolute atomic E-state index is 8.12. The first-order chi connectivity index (χ1) is 3.68. The first-order valence-electron chi connectivity index (χ1n) is 2.27. The third-order valence-corrected chi connectivity index (χ3v) is 0.577. The SMILES string of the molecule is CC=C(C)C.O=C=O. The molecular formula is C6H10O2. The van der Waals surface area contributed by atoms with Gasteiger partial charge in [0.25, 0.3) is 0 Å². The van der Waals surface area contributed by atoms with Crippen molar-refractivity contribution in [1.82, 2.24) is 0 Å². The smallest absolute Gasteiger partial charge is 0.186 e. The topological polar surface area (TPSA) is 34.1 Å². The summed E-state index contributed by atoms with van der Waals surface area (Å²) < 4.78 is 0. The minimum absolute atomic E-state index is 0.250. The van der Waals surface area contributed by atoms with Crippen LogP contribution in [-0.2, 0) is 9.59 Å². The number of hydrogen-bond donors (Lipinski definition) is 0. The fourth-order valence-corrected chi connectivity index (χ4v) is 0. The van der Waals surface area contributed by atoms with Crippen molar-refractivity contribution in [3.05, 3.63) is 11.6 Å². The van der Waals surface area contributed by atoms with Crippen LogP contribution in [0.4, 0.5) is 0 Å². The Morgan fingerprint density at radius 2 is 1.50 bits per heavy atom. The summed E-state index contributed by atoms with van der Waals surface area (Å²) in [5.74, 6) is 0. The minimum atomic E-state index is 0.250. The second kappa shape index (κ2) is 9.45. The van der Waals surface area contributed by atoms with Gasteiger partial charge in [-0.25, -0.2) is 0 Å². The molecule has 0 aliphatic rings. The van der Waals surface area contributed by atoms with Gasteiger partial charge in [0.1, 0.15) is 0 Å². The van der Waals surface area contributed by atoms with Crippen LogP contribution in [0.5, 0.6) is 0 Å². The standard InChI is InChI=1S/C5H10.CO2/c1-4-5(2)3;2-1-3/h4H,1-3H3;. The molecule has 2 heteroatoms. The van der Waals surface area contributed by atoms with Crippen molar-refractivity contribution < 1.29 is 9.59 Å². The summed E-state index contributed by atoms with van der Waals surface area (Å²) >= 11 is 0. The molecule has 0 N–H and O–H groups in total. The summed E-state index contributed by atoms with van der Waals surface area (Å²) in [5.41, 5.74) is 1.38. The zero-order chi connectivity index (χ0) is 6.99. The van der Waals surface area contributed by atoms with E-state index in [1.807, 2.05) is 6.92 Å². The van der Waals surface area contributed by atoms with E-state index in [2.05, 4.69) is 19.9 Å². The van der Waals surface area contributed by atoms with Crippen molar-refractivity contribution in [2.75, 3.05) is 0 Å². The van der Waals surface area contributed by atoms with Gasteiger partial charge in [-0.1, -0.05) is 11.6 Å². The molecule has 0 unspecified atom stereocenters. The summed E-state index contributed by atoms with van der Waals surface area (Å²) in [6.45, 7) is 6.20. The van der Waals surface area contributed by atoms with Crippen molar-refractivity contribution in [2.45, 2.75) is 20.8 Å². The number of allylic oxidation sites excluding steroid dienone is 2. The largest absolute Gasteiger partial charge is 0.373 e. The highest BCUT2D eigenvalue weighted by atomic mass is 16.2. The molecule has 0 spiro atoms. The molecule has 0 aromatic rings. The predicted molar refractivity (Wildman–Crippen MR) is 30.1 cm³/mol. The molecule has 0 saturated carbocycles. The molecule has 0 aliphatic heterocycles. The van der Waals surface area contributed by atoms with Crippen LogP contribution in [0.25, 0.3) is 0 Å². The summed E-state index contributed by atoms with van der Waals surface area (Å²) in [5, 5.41) is 0. The van der Waals surface area contributed by atoms with Gasteiger partial charge in [0.05, 0.1) is 0 Å². The second-order valence-corrected chi connectivity index (χ2v) is 1.45. The van der Waals surface area contributed by atoms with Gasteiger partial charge in [0.2, 0.25) is 0 Å². The first-order valence-corrected chi connectivity index (χ1v) is 2.27. The zero-order valence-corrected chi connectivity index (χ0v) is 5.39. The van der Waals surface area contributed by atoms with E-state index in [1.54, 1.807) is 0 Å². The Morgan fingerprint density at radius 1 is 1.38 bits per heavy atom. The minimum Gasteiger partial charge on any atom is -0.186 e. The molecule has 0 aliphatic carbocycles. The van der Waals surface area contributed by atoms with Crippen LogP contribution in [0, 0.1) is 0 Å². The van der Waals surface area contributed by atoms with Crippen LogP contribution < -0.4 is 0 Å². The van der Waals surface area contributed by atoms with Gasteiger partial charge >= 0.3 is 6.15 Å². The van der Waals surface area contributed by atoms with E-state index in [1.165, 1.54) is 5.57 Å². The summed E-state index contributed by atoms with van der Waals surface area (Å²) in [6, 6.07) is 0. The molecule has 0 heterocycles. The molecule has 46 valence electrons. The van der Waals surface area contributed by atoms with Gasteiger partial charge in [-0.05, 0) is 20.8 Å². The molecule has 0 fully saturated rings. The Bertz CT molecular complexity index is 93.1. The van der Waals surface area contributed by atoms with Crippen LogP contribution >= 0.6 is 0 Å². The lowest BCUT2D eigenvalue weighted by molar-refractivity contribution is -0.191. The summed E-state index contributed by atoms with van der Waals surface area (Å²) in [6.07, 6.45) is 2.33. The van der Waals surface area contributed by atoms with Crippen molar-refractivity contribution in [3.63, 3.8) is 0 Å². The Labute approximate surface area is 49.2 Å². The molecule has 0 saturated heterocycles. The molecule has 2 nitrogen and oxygen atoms in total. The van der Waals surface area contributed by atoms with E-state index in [0.717, 1.165) is 0 Å². The first kappa shape index (κ1) is 10.2. The van der Waals surface area contributed by atoms with Gasteiger partial charge in [-0.3, -0.25) is 0 Å². The third-order valence-electron chi connectivity index (χ3n) is 0.577. The number of rotatable bonds is 0. The monoisotopic (exact) mass is 114 g/mol. The Hall–Kier alpha value is -0.880. The zero-order valence-electron chi connectivity index (χ0n) is 5.39. The van der Waals surface area contributed by atoms with E-state index in [9.17, 15) is 0 Å². The molecule has 0 amide bonds. The molecule has 0 rings (SSSR count). The fourth-order valence-electron chi connectivity index (χ4n) is 0. The molecule has 0 radical (unpaired) electrons. The average molecular weight is 114 g/mol. The van der Waals surface area contributed by atoms with E-state index < -0.39 is 0 Å². The molecule has 8 heavy (non-hydrogen) atoms. The van der Waals surface area contributed by atoms with Crippen molar-refractivity contribution in [2.24, 2.45) is 0 Å². The van der Waals surface area contributed by atoms with E-state index in [-0.39, 0.29) is 6.15 Å². The number of hydrogen-bond acceptors (Lipinski definition) is 2. The Morgan fingerprint density at radius 3 is 1.50 bits per heavy atom. The van der Waals surface area contributed by atoms with E-state index >= 15 is 0 Å². The lowest BCUT2D eigenvalue weighted by Gasteiger charge is -1.74. The molecule has 0 atom stereocenters. The van der Waals surface area contributed by atoms with Gasteiger partial charge in [0.15, 0.2) is 0 Å². The van der Waals surface area contributed by atoms with Crippen LogP contribution in [0.3, 0.4) is 0 Å². The van der Waals surface area contributed by atoms with Gasteiger partial charge < -0.3 is 0 Å². The van der Waals surface area contributed by atoms with Crippen LogP contribution in [0.1, 0.15) is 20.8 Å². The van der Waals surface area contributed by atoms with Gasteiger partial charge in [-0.15, -0.1) is 0 Å². The van der Waals surface area contributed by atoms with Crippen molar-refractivity contribution in [1.29, 1.82) is 0 Å². The highest BCUT2D eigenvalue weighted by Crippen LogP contribution is 1.82. The van der Waals surface area contributed by atoms with E-state index in [4.69, 9.17) is 9.59 Å². The molecule has 0 bridgehead atoms. The predicted octanol–water partition coefficient (Wildman–Crippen LogP) is 1.39. The average Bonchev–Trinajstić information content (AvgIpc) is 1.69. The third kappa shape index (κ3) is 69.3. The maximum Gasteiger partial charge on any atom is 0.373 e. The van der Waals surface area contributed by atoms with Crippen LogP contribution in [0.2, 0.25) is 0 Å². The van der Waals surface area contributed by atoms with Gasteiger partial charge in [-0.2, -0.15) is 9.59 Å². The van der Waals surface area contributed by atoms with E-state index in [0.29, 0.717) is 0 Å². The van der Waals surface area contributed by atoms with Crippen LogP contribution in [0.15, 0.2) is 11.6 Å². The summed E-state index contributed by atoms with van der Waals surface area (Å²) in [4.78, 5) is 16.2. The van der Waals surface area contributed by atoms with Crippen molar-refractivity contribution >= 4 is 6.15 Å². The maximum atomic E-state index is 8.12. The summed E-state index contributed by atoms with van der Waals surface area (Å²) in [7, 11) is 0. The number of carbonyl (C=O) groups excluding carboxylic acids is 2. The normalized spacial score (nSPS) is 5.38. The lowest BCUT2D eigenvalue weighted by Crippen LogP contribution is -1.52.